The molecule has 0 spiro atoms. The molecule has 0 aliphatic carbocycles. The van der Waals surface area contributed by atoms with Gasteiger partial charge >= 0.3 is 0 Å². The van der Waals surface area contributed by atoms with E-state index in [0.29, 0.717) is 10.6 Å². The first-order valence-corrected chi connectivity index (χ1v) is 7.82. The number of benzene rings is 2. The maximum Gasteiger partial charge on any atom is 0.293 e. The van der Waals surface area contributed by atoms with Gasteiger partial charge in [-0.15, -0.1) is 5.43 Å². The van der Waals surface area contributed by atoms with Crippen LogP contribution in [0, 0.1) is 11.0 Å². The zero-order valence-corrected chi connectivity index (χ0v) is 11.9. The third-order valence-electron chi connectivity index (χ3n) is 2.70. The number of aliphatic hydroxyl groups is 1. The molecule has 0 aliphatic rings. The minimum Gasteiger partial charge on any atom is -0.395 e. The van der Waals surface area contributed by atoms with Gasteiger partial charge in [0, 0.05) is 18.2 Å². The molecule has 0 aromatic heterocycles. The van der Waals surface area contributed by atoms with E-state index in [-0.39, 0.29) is 16.3 Å². The van der Waals surface area contributed by atoms with Crippen molar-refractivity contribution in [2.45, 2.75) is 4.90 Å². The predicted octanol–water partition coefficient (Wildman–Crippen LogP) is 1.69. The second kappa shape index (κ2) is 6.47. The van der Waals surface area contributed by atoms with Crippen LogP contribution in [0.25, 0.3) is 0 Å². The van der Waals surface area contributed by atoms with E-state index in [1.54, 1.807) is 24.3 Å². The fourth-order valence-electron chi connectivity index (χ4n) is 1.65. The Balaban J connectivity index is 2.14. The molecule has 2 N–H and O–H groups in total. The van der Waals surface area contributed by atoms with Gasteiger partial charge in [0.15, 0.2) is 14.7 Å². The Hall–Kier alpha value is -2.25. The summed E-state index contributed by atoms with van der Waals surface area (Å²) in [5.41, 5.74) is 3.45. The fraction of sp³-hybridized carbons (Fsp3) is 0.143. The van der Waals surface area contributed by atoms with Crippen LogP contribution in [0.4, 0.5) is 11.4 Å². The van der Waals surface area contributed by atoms with Crippen molar-refractivity contribution < 1.29 is 18.4 Å². The molecule has 0 bridgehead atoms. The molecule has 6 nitrogen and oxygen atoms in total. The average molecular weight is 306 g/mol. The summed E-state index contributed by atoms with van der Waals surface area (Å²) >= 11 is 0. The van der Waals surface area contributed by atoms with Crippen molar-refractivity contribution in [1.82, 2.24) is 0 Å². The normalized spacial score (nSPS) is 11.1. The number of hydrazine groups is 1. The van der Waals surface area contributed by atoms with Crippen molar-refractivity contribution >= 4 is 21.2 Å². The quantitative estimate of drug-likeness (QED) is 0.626. The number of nitrogens with one attached hydrogen (secondary N) is 1. The van der Waals surface area contributed by atoms with Gasteiger partial charge in [0.25, 0.3) is 5.69 Å². The van der Waals surface area contributed by atoms with E-state index in [1.807, 2.05) is 6.07 Å². The molecule has 0 unspecified atom stereocenters. The average Bonchev–Trinajstić information content (AvgIpc) is 2.48. The molecule has 0 saturated heterocycles. The Kier molecular flexibility index (Phi) is 4.66. The summed E-state index contributed by atoms with van der Waals surface area (Å²) < 4.78 is 23.4. The second-order valence-corrected chi connectivity index (χ2v) is 6.30. The summed E-state index contributed by atoms with van der Waals surface area (Å²) in [6.45, 7) is -0.457. The summed E-state index contributed by atoms with van der Waals surface area (Å²) in [5, 5.41) is 8.71. The Morgan fingerprint density at radius 2 is 1.86 bits per heavy atom. The zero-order chi connectivity index (χ0) is 15.3. The zero-order valence-electron chi connectivity index (χ0n) is 11.1. The van der Waals surface area contributed by atoms with Crippen LogP contribution in [0.3, 0.4) is 0 Å². The number of para-hydroxylation sites is 1. The van der Waals surface area contributed by atoms with Gasteiger partial charge in [0.05, 0.1) is 22.2 Å². The highest BCUT2D eigenvalue weighted by Gasteiger charge is 2.18. The van der Waals surface area contributed by atoms with Crippen LogP contribution >= 0.6 is 0 Å². The number of hydrogen-bond acceptors (Lipinski definition) is 4. The fourth-order valence-corrected chi connectivity index (χ4v) is 2.62. The largest absolute Gasteiger partial charge is 0.395 e. The minimum absolute atomic E-state index is 0.0478. The van der Waals surface area contributed by atoms with Gasteiger partial charge in [-0.1, -0.05) is 18.2 Å². The highest BCUT2D eigenvalue weighted by molar-refractivity contribution is 7.91. The third kappa shape index (κ3) is 3.87. The first kappa shape index (κ1) is 15.1. The maximum absolute atomic E-state index is 11.9. The minimum atomic E-state index is -3.56. The van der Waals surface area contributed by atoms with E-state index in [2.05, 4.69) is 11.5 Å². The van der Waals surface area contributed by atoms with Gasteiger partial charge < -0.3 is 5.11 Å². The molecular formula is C14H14N2O4S+. The standard InChI is InChI=1S/C14H14N2O4S/c17-10-11-21(19,20)14-8-6-13(7-9-14)16(18)15-12-4-2-1-3-5-12/h1-8,17H,10-11H2,(H,15,18)/q+1. The molecular weight excluding hydrogens is 292 g/mol. The monoisotopic (exact) mass is 306 g/mol. The summed E-state index contributed by atoms with van der Waals surface area (Å²) in [5.74, 6) is -0.369. The van der Waals surface area contributed by atoms with Crippen molar-refractivity contribution in [3.63, 3.8) is 0 Å². The molecule has 0 aliphatic heterocycles. The van der Waals surface area contributed by atoms with Crippen LogP contribution in [0.2, 0.25) is 0 Å². The molecule has 1 radical (unpaired) electrons. The summed E-state index contributed by atoms with van der Waals surface area (Å²) in [6.07, 6.45) is 0. The Morgan fingerprint density at radius 1 is 1.14 bits per heavy atom. The van der Waals surface area contributed by atoms with Gasteiger partial charge in [-0.3, -0.25) is 0 Å². The van der Waals surface area contributed by atoms with E-state index in [9.17, 15) is 13.3 Å². The number of nitroso groups, excluding NO2 is 1. The number of anilines is 1. The molecule has 109 valence electrons. The van der Waals surface area contributed by atoms with Gasteiger partial charge in [-0.05, 0) is 18.2 Å². The van der Waals surface area contributed by atoms with Crippen LogP contribution in [-0.4, -0.2) is 30.8 Å². The number of sulfone groups is 1. The van der Waals surface area contributed by atoms with Gasteiger partial charge in [-0.25, -0.2) is 8.42 Å². The molecule has 0 heterocycles. The lowest BCUT2D eigenvalue weighted by Crippen LogP contribution is -2.12. The maximum atomic E-state index is 11.9. The topological polar surface area (TPSA) is 86.5 Å². The lowest BCUT2D eigenvalue weighted by Gasteiger charge is -2.01. The summed E-state index contributed by atoms with van der Waals surface area (Å²) in [6, 6.07) is 15.4. The summed E-state index contributed by atoms with van der Waals surface area (Å²) in [4.78, 5) is 12.4. The van der Waals surface area contributed by atoms with Crippen molar-refractivity contribution in [2.75, 3.05) is 17.8 Å². The Morgan fingerprint density at radius 3 is 2.43 bits per heavy atom. The van der Waals surface area contributed by atoms with Gasteiger partial charge in [0.1, 0.15) is 5.69 Å². The van der Waals surface area contributed by atoms with E-state index in [4.69, 9.17) is 5.11 Å². The molecule has 2 aromatic rings. The lowest BCUT2D eigenvalue weighted by molar-refractivity contribution is -0.427. The van der Waals surface area contributed by atoms with E-state index < -0.39 is 16.4 Å². The molecule has 0 amide bonds. The van der Waals surface area contributed by atoms with E-state index in [1.165, 1.54) is 18.2 Å². The smallest absolute Gasteiger partial charge is 0.293 e. The molecule has 7 heteroatoms. The molecule has 0 atom stereocenters. The molecule has 21 heavy (non-hydrogen) atoms. The van der Waals surface area contributed by atoms with Crippen LogP contribution in [0.1, 0.15) is 0 Å². The van der Waals surface area contributed by atoms with Gasteiger partial charge in [0.2, 0.25) is 0 Å². The predicted molar refractivity (Wildman–Crippen MR) is 77.8 cm³/mol. The van der Waals surface area contributed by atoms with Crippen molar-refractivity contribution in [1.29, 1.82) is 0 Å². The number of rotatable bonds is 6. The van der Waals surface area contributed by atoms with E-state index >= 15 is 0 Å². The highest BCUT2D eigenvalue weighted by Crippen LogP contribution is 2.17. The highest BCUT2D eigenvalue weighted by atomic mass is 32.2. The van der Waals surface area contributed by atoms with Crippen LogP contribution in [-0.2, 0) is 9.84 Å². The SMILES string of the molecule is O=[N+](Nc1ccccc1)c1c[c]c(S(=O)(=O)CCO)cc1. The Labute approximate surface area is 122 Å². The molecule has 2 rings (SSSR count). The molecule has 0 saturated carbocycles. The van der Waals surface area contributed by atoms with Crippen LogP contribution in [0.15, 0.2) is 53.4 Å². The Bertz CT molecular complexity index is 712. The third-order valence-corrected chi connectivity index (χ3v) is 4.35. The van der Waals surface area contributed by atoms with Crippen molar-refractivity contribution in [3.05, 3.63) is 59.5 Å². The molecule has 0 fully saturated rings. The first-order valence-electron chi connectivity index (χ1n) is 6.17. The lowest BCUT2D eigenvalue weighted by atomic mass is 10.3. The number of aliphatic hydroxyl groups excluding tert-OH is 1. The van der Waals surface area contributed by atoms with Crippen molar-refractivity contribution in [3.8, 4) is 0 Å². The first-order chi connectivity index (χ1) is 10.0. The second-order valence-electron chi connectivity index (χ2n) is 4.23. The van der Waals surface area contributed by atoms with Gasteiger partial charge in [-0.2, -0.15) is 0 Å². The van der Waals surface area contributed by atoms with Crippen LogP contribution in [0.5, 0.6) is 0 Å². The number of hydrogen-bond donors (Lipinski definition) is 2. The van der Waals surface area contributed by atoms with Crippen LogP contribution < -0.4 is 5.43 Å². The molecule has 2 aromatic carbocycles. The summed E-state index contributed by atoms with van der Waals surface area (Å²) in [7, 11) is -3.56. The number of nitrogens with zero attached hydrogens (tertiary/aromatic N) is 1. The van der Waals surface area contributed by atoms with Crippen molar-refractivity contribution in [2.24, 2.45) is 0 Å². The van der Waals surface area contributed by atoms with E-state index in [0.717, 1.165) is 0 Å².